The second-order valence-electron chi connectivity index (χ2n) is 4.55. The molecule has 0 bridgehead atoms. The van der Waals surface area contributed by atoms with Gasteiger partial charge >= 0.3 is 0 Å². The summed E-state index contributed by atoms with van der Waals surface area (Å²) < 4.78 is 24.7. The van der Waals surface area contributed by atoms with Crippen LogP contribution in [0.5, 0.6) is 0 Å². The highest BCUT2D eigenvalue weighted by Crippen LogP contribution is 2.32. The van der Waals surface area contributed by atoms with Crippen LogP contribution < -0.4 is 0 Å². The van der Waals surface area contributed by atoms with E-state index in [1.165, 1.54) is 37.4 Å². The van der Waals surface area contributed by atoms with Gasteiger partial charge in [0.05, 0.1) is 21.1 Å². The molecule has 0 aliphatic rings. The summed E-state index contributed by atoms with van der Waals surface area (Å²) in [6.07, 6.45) is 1.25. The Hall–Kier alpha value is -2.57. The molecule has 1 N–H and O–H groups in total. The number of hydrogen-bond acceptors (Lipinski definition) is 6. The number of pyridine rings is 1. The number of sulfone groups is 1. The molecule has 0 radical (unpaired) electrons. The fourth-order valence-electron chi connectivity index (χ4n) is 2.06. The Labute approximate surface area is 137 Å². The molecule has 0 saturated carbocycles. The molecule has 1 aromatic heterocycles. The number of benzene rings is 1. The minimum atomic E-state index is -3.62. The van der Waals surface area contributed by atoms with E-state index in [1.54, 1.807) is 0 Å². The third-order valence-electron chi connectivity index (χ3n) is 3.25. The molecule has 2 rings (SSSR count). The van der Waals surface area contributed by atoms with E-state index in [-0.39, 0.29) is 32.1 Å². The van der Waals surface area contributed by atoms with Gasteiger partial charge in [-0.15, -0.1) is 0 Å². The van der Waals surface area contributed by atoms with E-state index >= 15 is 0 Å². The second-order valence-corrected chi connectivity index (χ2v) is 7.21. The average Bonchev–Trinajstić information content (AvgIpc) is 2.54. The smallest absolute Gasteiger partial charge is 0.269 e. The lowest BCUT2D eigenvalue weighted by molar-refractivity contribution is -0.384. The number of nitro groups is 1. The minimum absolute atomic E-state index is 0.0170. The van der Waals surface area contributed by atoms with Crippen molar-refractivity contribution < 1.29 is 13.3 Å². The van der Waals surface area contributed by atoms with E-state index in [2.05, 4.69) is 4.98 Å². The summed E-state index contributed by atoms with van der Waals surface area (Å²) in [4.78, 5) is 12.7. The lowest BCUT2D eigenvalue weighted by Crippen LogP contribution is -2.08. The number of nitro benzene ring substituents is 1. The molecule has 7 nitrogen and oxygen atoms in total. The molecule has 0 aliphatic carbocycles. The number of H-pyrrole nitrogens is 1. The van der Waals surface area contributed by atoms with Crippen molar-refractivity contribution in [3.8, 4) is 17.2 Å². The molecular weight excluding hydrogens is 338 g/mol. The summed E-state index contributed by atoms with van der Waals surface area (Å²) in [5, 5.41) is 20.1. The predicted octanol–water partition coefficient (Wildman–Crippen LogP) is 2.98. The molecule has 0 fully saturated rings. The Balaban J connectivity index is 2.84. The maximum absolute atomic E-state index is 12.3. The number of non-ortho nitro benzene ring substituents is 1. The summed E-state index contributed by atoms with van der Waals surface area (Å²) in [7, 11) is -3.62. The highest BCUT2D eigenvalue weighted by Gasteiger charge is 2.22. The third kappa shape index (κ3) is 3.13. The molecule has 1 aromatic carbocycles. The van der Waals surface area contributed by atoms with E-state index in [1.807, 2.05) is 6.07 Å². The van der Waals surface area contributed by atoms with Gasteiger partial charge in [0.2, 0.25) is 0 Å². The number of nitrogens with one attached hydrogen (secondary N) is 1. The fraction of sp³-hybridized carbons (Fsp3) is 0.143. The maximum atomic E-state index is 12.3. The first-order chi connectivity index (χ1) is 10.8. The zero-order valence-electron chi connectivity index (χ0n) is 11.9. The van der Waals surface area contributed by atoms with Crippen LogP contribution in [0.25, 0.3) is 11.1 Å². The van der Waals surface area contributed by atoms with Gasteiger partial charge in [-0.3, -0.25) is 10.1 Å². The summed E-state index contributed by atoms with van der Waals surface area (Å²) in [5.41, 5.74) is 0.420. The van der Waals surface area contributed by atoms with Gasteiger partial charge < -0.3 is 4.98 Å². The largest absolute Gasteiger partial charge is 0.350 e. The number of rotatable bonds is 4. The SMILES string of the molecule is CCS(=O)(=O)c1c[nH]c(=S)c(C#N)c1-c1ccc([N+](=O)[O-])cc1. The first kappa shape index (κ1) is 16.8. The topological polar surface area (TPSA) is 117 Å². The molecule has 0 atom stereocenters. The first-order valence-electron chi connectivity index (χ1n) is 6.45. The predicted molar refractivity (Wildman–Crippen MR) is 86.2 cm³/mol. The van der Waals surface area contributed by atoms with Crippen LogP contribution in [-0.4, -0.2) is 24.1 Å². The summed E-state index contributed by atoms with van der Waals surface area (Å²) in [6, 6.07) is 7.20. The summed E-state index contributed by atoms with van der Waals surface area (Å²) in [6.45, 7) is 1.49. The molecule has 0 aliphatic heterocycles. The van der Waals surface area contributed by atoms with Gasteiger partial charge in [0.15, 0.2) is 9.84 Å². The summed E-state index contributed by atoms with van der Waals surface area (Å²) in [5.74, 6) is -0.150. The quantitative estimate of drug-likeness (QED) is 0.515. The molecule has 9 heteroatoms. The van der Waals surface area contributed by atoms with Crippen LogP contribution >= 0.6 is 12.2 Å². The van der Waals surface area contributed by atoms with Gasteiger partial charge in [0.1, 0.15) is 10.7 Å². The Kier molecular flexibility index (Phi) is 4.58. The van der Waals surface area contributed by atoms with Crippen molar-refractivity contribution in [2.24, 2.45) is 0 Å². The minimum Gasteiger partial charge on any atom is -0.350 e. The van der Waals surface area contributed by atoms with Crippen molar-refractivity contribution >= 4 is 27.7 Å². The van der Waals surface area contributed by atoms with Crippen LogP contribution in [0.15, 0.2) is 35.4 Å². The lowest BCUT2D eigenvalue weighted by Gasteiger charge is -2.11. The molecule has 23 heavy (non-hydrogen) atoms. The van der Waals surface area contributed by atoms with E-state index in [9.17, 15) is 23.8 Å². The van der Waals surface area contributed by atoms with Crippen molar-refractivity contribution in [3.05, 3.63) is 50.8 Å². The molecule has 0 spiro atoms. The van der Waals surface area contributed by atoms with Gasteiger partial charge in [-0.05, 0) is 17.7 Å². The van der Waals surface area contributed by atoms with Crippen LogP contribution in [0.2, 0.25) is 0 Å². The number of aromatic amines is 1. The highest BCUT2D eigenvalue weighted by atomic mass is 32.2. The van der Waals surface area contributed by atoms with Crippen LogP contribution in [0, 0.1) is 26.1 Å². The Morgan fingerprint density at radius 3 is 2.43 bits per heavy atom. The van der Waals surface area contributed by atoms with E-state index in [0.717, 1.165) is 0 Å². The van der Waals surface area contributed by atoms with Crippen molar-refractivity contribution in [3.63, 3.8) is 0 Å². The molecule has 0 unspecified atom stereocenters. The van der Waals surface area contributed by atoms with Crippen molar-refractivity contribution in [2.45, 2.75) is 11.8 Å². The van der Waals surface area contributed by atoms with Crippen LogP contribution in [-0.2, 0) is 9.84 Å². The molecule has 118 valence electrons. The molecule has 1 heterocycles. The monoisotopic (exact) mass is 349 g/mol. The van der Waals surface area contributed by atoms with Gasteiger partial charge in [-0.2, -0.15) is 5.26 Å². The fourth-order valence-corrected chi connectivity index (χ4v) is 3.34. The zero-order chi connectivity index (χ0) is 17.2. The van der Waals surface area contributed by atoms with Crippen molar-refractivity contribution in [1.29, 1.82) is 5.26 Å². The van der Waals surface area contributed by atoms with Gasteiger partial charge in [0.25, 0.3) is 5.69 Å². The number of aromatic nitrogens is 1. The maximum Gasteiger partial charge on any atom is 0.269 e. The van der Waals surface area contributed by atoms with Crippen LogP contribution in [0.1, 0.15) is 12.5 Å². The van der Waals surface area contributed by atoms with Crippen LogP contribution in [0.4, 0.5) is 5.69 Å². The van der Waals surface area contributed by atoms with Gasteiger partial charge in [-0.25, -0.2) is 8.42 Å². The zero-order valence-corrected chi connectivity index (χ0v) is 13.6. The lowest BCUT2D eigenvalue weighted by atomic mass is 10.0. The third-order valence-corrected chi connectivity index (χ3v) is 5.33. The summed E-state index contributed by atoms with van der Waals surface area (Å²) >= 11 is 5.04. The van der Waals surface area contributed by atoms with E-state index in [4.69, 9.17) is 12.2 Å². The number of hydrogen-bond donors (Lipinski definition) is 1. The molecule has 0 saturated heterocycles. The molecule has 0 amide bonds. The van der Waals surface area contributed by atoms with E-state index < -0.39 is 14.8 Å². The first-order valence-corrected chi connectivity index (χ1v) is 8.51. The van der Waals surface area contributed by atoms with E-state index in [0.29, 0.717) is 5.56 Å². The van der Waals surface area contributed by atoms with Crippen LogP contribution in [0.3, 0.4) is 0 Å². The highest BCUT2D eigenvalue weighted by molar-refractivity contribution is 7.91. The molecular formula is C14H11N3O4S2. The second kappa shape index (κ2) is 6.28. The number of nitriles is 1. The Morgan fingerprint density at radius 1 is 1.35 bits per heavy atom. The average molecular weight is 349 g/mol. The Morgan fingerprint density at radius 2 is 1.96 bits per heavy atom. The van der Waals surface area contributed by atoms with Crippen molar-refractivity contribution in [2.75, 3.05) is 5.75 Å². The molecule has 2 aromatic rings. The van der Waals surface area contributed by atoms with Crippen molar-refractivity contribution in [1.82, 2.24) is 4.98 Å². The van der Waals surface area contributed by atoms with Gasteiger partial charge in [-0.1, -0.05) is 19.1 Å². The number of nitrogens with zero attached hydrogens (tertiary/aromatic N) is 2. The normalized spacial score (nSPS) is 11.0. The standard InChI is InChI=1S/C14H11N3O4S2/c1-2-23(20,21)12-8-16-14(22)11(7-15)13(12)9-3-5-10(6-4-9)17(18)19/h3-6,8H,2H2,1H3,(H,16,22). The Bertz CT molecular complexity index is 971. The van der Waals surface area contributed by atoms with Gasteiger partial charge in [0, 0.05) is 23.9 Å².